The van der Waals surface area contributed by atoms with Crippen LogP contribution < -0.4 is 16.0 Å². The van der Waals surface area contributed by atoms with E-state index in [0.29, 0.717) is 5.69 Å². The Morgan fingerprint density at radius 3 is 2.67 bits per heavy atom. The highest BCUT2D eigenvalue weighted by Crippen LogP contribution is 2.24. The Bertz CT molecular complexity index is 478. The van der Waals surface area contributed by atoms with Crippen LogP contribution in [0.15, 0.2) is 30.3 Å². The number of hydrogen-bond acceptors (Lipinski definition) is 3. The summed E-state index contributed by atoms with van der Waals surface area (Å²) >= 11 is 0. The molecule has 6 heteroatoms. The summed E-state index contributed by atoms with van der Waals surface area (Å²) in [4.78, 5) is 23.4. The van der Waals surface area contributed by atoms with Gasteiger partial charge in [-0.2, -0.15) is 0 Å². The maximum absolute atomic E-state index is 11.8. The van der Waals surface area contributed by atoms with Gasteiger partial charge in [-0.15, -0.1) is 0 Å². The molecule has 1 saturated carbocycles. The molecule has 0 bridgehead atoms. The lowest BCUT2D eigenvalue weighted by Crippen LogP contribution is -2.44. The van der Waals surface area contributed by atoms with Gasteiger partial charge in [0.2, 0.25) is 5.91 Å². The monoisotopic (exact) mass is 291 g/mol. The second kappa shape index (κ2) is 7.64. The van der Waals surface area contributed by atoms with Crippen LogP contribution in [0.4, 0.5) is 10.5 Å². The second-order valence-electron chi connectivity index (χ2n) is 5.22. The van der Waals surface area contributed by atoms with Gasteiger partial charge in [0.25, 0.3) is 0 Å². The van der Waals surface area contributed by atoms with E-state index in [1.54, 1.807) is 12.1 Å². The van der Waals surface area contributed by atoms with Crippen LogP contribution in [-0.4, -0.2) is 36.2 Å². The first-order valence-corrected chi connectivity index (χ1v) is 7.19. The standard InChI is InChI=1S/C15H21N3O3/c19-10-11-5-4-8-13(11)18-14(20)9-16-15(21)17-12-6-2-1-3-7-12/h1-3,6-7,11,13,19H,4-5,8-10H2,(H,18,20)(H2,16,17,21). The molecule has 0 aromatic heterocycles. The summed E-state index contributed by atoms with van der Waals surface area (Å²) in [6, 6.07) is 8.63. The number of para-hydroxylation sites is 1. The molecule has 1 aromatic carbocycles. The van der Waals surface area contributed by atoms with Crippen LogP contribution in [-0.2, 0) is 4.79 Å². The molecule has 0 heterocycles. The Labute approximate surface area is 123 Å². The van der Waals surface area contributed by atoms with Gasteiger partial charge in [0.1, 0.15) is 0 Å². The van der Waals surface area contributed by atoms with E-state index < -0.39 is 6.03 Å². The minimum Gasteiger partial charge on any atom is -0.396 e. The molecule has 6 nitrogen and oxygen atoms in total. The van der Waals surface area contributed by atoms with Crippen LogP contribution in [0.5, 0.6) is 0 Å². The summed E-state index contributed by atoms with van der Waals surface area (Å²) < 4.78 is 0. The molecule has 0 aliphatic heterocycles. The van der Waals surface area contributed by atoms with Crippen molar-refractivity contribution in [3.8, 4) is 0 Å². The summed E-state index contributed by atoms with van der Waals surface area (Å²) in [6.45, 7) is 0.0141. The first-order valence-electron chi connectivity index (χ1n) is 7.19. The smallest absolute Gasteiger partial charge is 0.319 e. The molecular formula is C15H21N3O3. The number of anilines is 1. The van der Waals surface area contributed by atoms with E-state index in [0.717, 1.165) is 19.3 Å². The van der Waals surface area contributed by atoms with Gasteiger partial charge >= 0.3 is 6.03 Å². The van der Waals surface area contributed by atoms with Gasteiger partial charge in [-0.1, -0.05) is 24.6 Å². The van der Waals surface area contributed by atoms with Crippen LogP contribution in [0.25, 0.3) is 0 Å². The summed E-state index contributed by atoms with van der Waals surface area (Å²) in [5, 5.41) is 17.2. The molecule has 1 aliphatic rings. The minimum absolute atomic E-state index is 0.0153. The zero-order valence-electron chi connectivity index (χ0n) is 11.8. The third kappa shape index (κ3) is 4.75. The molecule has 2 unspecified atom stereocenters. The van der Waals surface area contributed by atoms with Crippen molar-refractivity contribution in [3.05, 3.63) is 30.3 Å². The van der Waals surface area contributed by atoms with Crippen LogP contribution >= 0.6 is 0 Å². The number of carbonyl (C=O) groups is 2. The van der Waals surface area contributed by atoms with Gasteiger partial charge in [0, 0.05) is 24.3 Å². The number of amides is 3. The quantitative estimate of drug-likeness (QED) is 0.654. The third-order valence-electron chi connectivity index (χ3n) is 3.68. The number of urea groups is 1. The summed E-state index contributed by atoms with van der Waals surface area (Å²) in [5.74, 6) is -0.101. The number of rotatable bonds is 5. The lowest BCUT2D eigenvalue weighted by molar-refractivity contribution is -0.121. The highest BCUT2D eigenvalue weighted by atomic mass is 16.3. The molecule has 2 atom stereocenters. The van der Waals surface area contributed by atoms with Crippen molar-refractivity contribution in [3.63, 3.8) is 0 Å². The van der Waals surface area contributed by atoms with Crippen LogP contribution in [0, 0.1) is 5.92 Å². The lowest BCUT2D eigenvalue weighted by atomic mass is 10.1. The van der Waals surface area contributed by atoms with E-state index in [-0.39, 0.29) is 31.0 Å². The first-order chi connectivity index (χ1) is 10.2. The van der Waals surface area contributed by atoms with Crippen molar-refractivity contribution < 1.29 is 14.7 Å². The minimum atomic E-state index is -0.415. The molecule has 4 N–H and O–H groups in total. The van der Waals surface area contributed by atoms with Gasteiger partial charge in [0.05, 0.1) is 6.54 Å². The van der Waals surface area contributed by atoms with Crippen LogP contribution in [0.3, 0.4) is 0 Å². The predicted octanol–water partition coefficient (Wildman–Crippen LogP) is 1.09. The Morgan fingerprint density at radius 1 is 1.19 bits per heavy atom. The summed E-state index contributed by atoms with van der Waals surface area (Å²) in [5.41, 5.74) is 0.673. The number of aliphatic hydroxyl groups excluding tert-OH is 1. The van der Waals surface area contributed by atoms with E-state index in [2.05, 4.69) is 16.0 Å². The van der Waals surface area contributed by atoms with Crippen LogP contribution in [0.1, 0.15) is 19.3 Å². The van der Waals surface area contributed by atoms with E-state index in [4.69, 9.17) is 0 Å². The molecule has 0 saturated heterocycles. The van der Waals surface area contributed by atoms with Crippen molar-refractivity contribution in [2.45, 2.75) is 25.3 Å². The molecule has 2 rings (SSSR count). The third-order valence-corrected chi connectivity index (χ3v) is 3.68. The van der Waals surface area contributed by atoms with E-state index in [1.807, 2.05) is 18.2 Å². The maximum atomic E-state index is 11.8. The Kier molecular flexibility index (Phi) is 5.57. The number of carbonyl (C=O) groups excluding carboxylic acids is 2. The summed E-state index contributed by atoms with van der Waals surface area (Å²) in [6.07, 6.45) is 2.83. The van der Waals surface area contributed by atoms with Gasteiger partial charge in [-0.05, 0) is 25.0 Å². The maximum Gasteiger partial charge on any atom is 0.319 e. The molecule has 0 spiro atoms. The Balaban J connectivity index is 1.70. The molecular weight excluding hydrogens is 270 g/mol. The molecule has 0 radical (unpaired) electrons. The Hall–Kier alpha value is -2.08. The zero-order valence-corrected chi connectivity index (χ0v) is 11.8. The van der Waals surface area contributed by atoms with Crippen molar-refractivity contribution in [2.24, 2.45) is 5.92 Å². The molecule has 1 aromatic rings. The largest absolute Gasteiger partial charge is 0.396 e. The number of aliphatic hydroxyl groups is 1. The van der Waals surface area contributed by atoms with Crippen LogP contribution in [0.2, 0.25) is 0 Å². The van der Waals surface area contributed by atoms with Crippen molar-refractivity contribution in [1.29, 1.82) is 0 Å². The average Bonchev–Trinajstić information content (AvgIpc) is 2.93. The highest BCUT2D eigenvalue weighted by Gasteiger charge is 2.27. The fourth-order valence-corrected chi connectivity index (χ4v) is 2.56. The molecule has 1 aliphatic carbocycles. The average molecular weight is 291 g/mol. The van der Waals surface area contributed by atoms with Crippen molar-refractivity contribution in [2.75, 3.05) is 18.5 Å². The van der Waals surface area contributed by atoms with Crippen molar-refractivity contribution >= 4 is 17.6 Å². The topological polar surface area (TPSA) is 90.5 Å². The SMILES string of the molecule is O=C(CNC(=O)Nc1ccccc1)NC1CCCC1CO. The Morgan fingerprint density at radius 2 is 1.95 bits per heavy atom. The number of benzene rings is 1. The van der Waals surface area contributed by atoms with Gasteiger partial charge < -0.3 is 21.1 Å². The fraction of sp³-hybridized carbons (Fsp3) is 0.467. The molecule has 3 amide bonds. The van der Waals surface area contributed by atoms with Gasteiger partial charge in [0.15, 0.2) is 0 Å². The van der Waals surface area contributed by atoms with Gasteiger partial charge in [-0.3, -0.25) is 4.79 Å². The molecule has 114 valence electrons. The highest BCUT2D eigenvalue weighted by molar-refractivity contribution is 5.92. The molecule has 21 heavy (non-hydrogen) atoms. The predicted molar refractivity (Wildman–Crippen MR) is 79.8 cm³/mol. The van der Waals surface area contributed by atoms with E-state index in [1.165, 1.54) is 0 Å². The van der Waals surface area contributed by atoms with E-state index >= 15 is 0 Å². The number of hydrogen-bond donors (Lipinski definition) is 4. The van der Waals surface area contributed by atoms with Gasteiger partial charge in [-0.25, -0.2) is 4.79 Å². The molecule has 1 fully saturated rings. The normalized spacial score (nSPS) is 20.8. The first kappa shape index (κ1) is 15.3. The van der Waals surface area contributed by atoms with E-state index in [9.17, 15) is 14.7 Å². The zero-order chi connectivity index (χ0) is 15.1. The lowest BCUT2D eigenvalue weighted by Gasteiger charge is -2.19. The van der Waals surface area contributed by atoms with Crippen molar-refractivity contribution in [1.82, 2.24) is 10.6 Å². The fourth-order valence-electron chi connectivity index (χ4n) is 2.56. The second-order valence-corrected chi connectivity index (χ2v) is 5.22. The summed E-state index contributed by atoms with van der Waals surface area (Å²) in [7, 11) is 0. The number of nitrogens with one attached hydrogen (secondary N) is 3.